The maximum Gasteiger partial charge on any atom is 0.387 e. The Morgan fingerprint density at radius 2 is 2.09 bits per heavy atom. The van der Waals surface area contributed by atoms with Gasteiger partial charge in [0.15, 0.2) is 0 Å². The van der Waals surface area contributed by atoms with E-state index >= 15 is 0 Å². The van der Waals surface area contributed by atoms with Gasteiger partial charge in [-0.05, 0) is 32.4 Å². The maximum atomic E-state index is 12.5. The molecule has 2 amide bonds. The van der Waals surface area contributed by atoms with Crippen molar-refractivity contribution in [2.45, 2.75) is 32.9 Å². The van der Waals surface area contributed by atoms with Crippen LogP contribution in [-0.2, 0) is 9.59 Å². The van der Waals surface area contributed by atoms with Crippen LogP contribution in [0.4, 0.5) is 14.5 Å². The fourth-order valence-electron chi connectivity index (χ4n) is 2.40. The number of anilines is 1. The van der Waals surface area contributed by atoms with Crippen molar-refractivity contribution in [1.82, 2.24) is 5.32 Å². The molecule has 0 saturated carbocycles. The highest BCUT2D eigenvalue weighted by molar-refractivity contribution is 6.03. The second-order valence-corrected chi connectivity index (χ2v) is 5.41. The highest BCUT2D eigenvalue weighted by Crippen LogP contribution is 2.32. The van der Waals surface area contributed by atoms with Crippen molar-refractivity contribution in [3.63, 3.8) is 0 Å². The van der Waals surface area contributed by atoms with Crippen LogP contribution in [0.15, 0.2) is 35.9 Å². The van der Waals surface area contributed by atoms with E-state index in [4.69, 9.17) is 0 Å². The lowest BCUT2D eigenvalue weighted by Crippen LogP contribution is -2.41. The highest BCUT2D eigenvalue weighted by Gasteiger charge is 2.34. The topological polar surface area (TPSA) is 58.6 Å². The Hall–Kier alpha value is -2.44. The lowest BCUT2D eigenvalue weighted by atomic mass is 10.2. The highest BCUT2D eigenvalue weighted by atomic mass is 19.3. The van der Waals surface area contributed by atoms with Crippen molar-refractivity contribution in [2.75, 3.05) is 11.4 Å². The number of carbonyl (C=O) groups is 2. The summed E-state index contributed by atoms with van der Waals surface area (Å²) >= 11 is 0. The van der Waals surface area contributed by atoms with Crippen LogP contribution in [-0.4, -0.2) is 31.0 Å². The van der Waals surface area contributed by atoms with Crippen LogP contribution in [0.1, 0.15) is 20.3 Å². The van der Waals surface area contributed by atoms with Crippen LogP contribution in [0.2, 0.25) is 0 Å². The van der Waals surface area contributed by atoms with Gasteiger partial charge in [0.25, 0.3) is 0 Å². The molecule has 1 fully saturated rings. The monoisotopic (exact) mass is 324 g/mol. The fourth-order valence-corrected chi connectivity index (χ4v) is 2.40. The summed E-state index contributed by atoms with van der Waals surface area (Å²) in [6.45, 7) is 0.907. The molecule has 5 nitrogen and oxygen atoms in total. The molecule has 1 N–H and O–H groups in total. The molecule has 1 saturated heterocycles. The lowest BCUT2D eigenvalue weighted by molar-refractivity contribution is -0.123. The predicted octanol–water partition coefficient (Wildman–Crippen LogP) is 2.48. The number of carbonyl (C=O) groups excluding carboxylic acids is 2. The van der Waals surface area contributed by atoms with Gasteiger partial charge in [-0.3, -0.25) is 9.59 Å². The third kappa shape index (κ3) is 4.28. The van der Waals surface area contributed by atoms with Crippen LogP contribution in [0.5, 0.6) is 5.75 Å². The quantitative estimate of drug-likeness (QED) is 0.847. The minimum atomic E-state index is -2.97. The molecule has 0 spiro atoms. The third-order valence-corrected chi connectivity index (χ3v) is 3.31. The van der Waals surface area contributed by atoms with Gasteiger partial charge in [0, 0.05) is 12.6 Å². The first-order valence-electron chi connectivity index (χ1n) is 7.19. The van der Waals surface area contributed by atoms with Gasteiger partial charge in [0.05, 0.1) is 5.69 Å². The van der Waals surface area contributed by atoms with E-state index in [0.29, 0.717) is 13.0 Å². The molecular formula is C16H18F2N2O3. The van der Waals surface area contributed by atoms with E-state index in [2.05, 4.69) is 10.1 Å². The van der Waals surface area contributed by atoms with Gasteiger partial charge in [-0.15, -0.1) is 0 Å². The standard InChI is InChI=1S/C16H18F2N2O3/c1-10(2)9-14(21)19-11-7-8-20(15(11)22)12-5-3-4-6-13(12)23-16(17)18/h3-6,9,11,16H,7-8H2,1-2H3,(H,19,21)/t11-/m1/s1. The molecule has 23 heavy (non-hydrogen) atoms. The van der Waals surface area contributed by atoms with Crippen LogP contribution in [0, 0.1) is 0 Å². The molecule has 1 aromatic carbocycles. The van der Waals surface area contributed by atoms with E-state index in [-0.39, 0.29) is 23.3 Å². The number of hydrogen-bond donors (Lipinski definition) is 1. The van der Waals surface area contributed by atoms with Gasteiger partial charge in [-0.1, -0.05) is 17.7 Å². The Labute approximate surface area is 132 Å². The Morgan fingerprint density at radius 1 is 1.39 bits per heavy atom. The van der Waals surface area contributed by atoms with Crippen molar-refractivity contribution in [3.8, 4) is 5.75 Å². The van der Waals surface area contributed by atoms with E-state index in [1.165, 1.54) is 23.1 Å². The van der Waals surface area contributed by atoms with Crippen LogP contribution in [0.3, 0.4) is 0 Å². The third-order valence-electron chi connectivity index (χ3n) is 3.31. The Bertz CT molecular complexity index is 628. The van der Waals surface area contributed by atoms with E-state index in [9.17, 15) is 18.4 Å². The lowest BCUT2D eigenvalue weighted by Gasteiger charge is -2.20. The number of allylic oxidation sites excluding steroid dienone is 1. The molecule has 1 heterocycles. The summed E-state index contributed by atoms with van der Waals surface area (Å²) < 4.78 is 29.4. The first kappa shape index (κ1) is 16.9. The van der Waals surface area contributed by atoms with E-state index in [1.807, 2.05) is 0 Å². The molecule has 0 radical (unpaired) electrons. The smallest absolute Gasteiger partial charge is 0.387 e. The first-order chi connectivity index (χ1) is 10.9. The van der Waals surface area contributed by atoms with Crippen molar-refractivity contribution in [2.24, 2.45) is 0 Å². The van der Waals surface area contributed by atoms with Crippen LogP contribution >= 0.6 is 0 Å². The number of alkyl halides is 2. The summed E-state index contributed by atoms with van der Waals surface area (Å²) in [6, 6.07) is 5.43. The van der Waals surface area contributed by atoms with Gasteiger partial charge >= 0.3 is 6.61 Å². The summed E-state index contributed by atoms with van der Waals surface area (Å²) in [5.74, 6) is -0.750. The molecular weight excluding hydrogens is 306 g/mol. The van der Waals surface area contributed by atoms with E-state index < -0.39 is 12.7 Å². The summed E-state index contributed by atoms with van der Waals surface area (Å²) in [7, 11) is 0. The molecule has 0 unspecified atom stereocenters. The zero-order valence-electron chi connectivity index (χ0n) is 12.9. The first-order valence-corrected chi connectivity index (χ1v) is 7.19. The molecule has 2 rings (SSSR count). The number of amides is 2. The molecule has 0 aliphatic carbocycles. The predicted molar refractivity (Wildman–Crippen MR) is 81.4 cm³/mol. The summed E-state index contributed by atoms with van der Waals surface area (Å²) in [5.41, 5.74) is 1.09. The second kappa shape index (κ2) is 7.21. The van der Waals surface area contributed by atoms with Crippen LogP contribution < -0.4 is 15.0 Å². The minimum Gasteiger partial charge on any atom is -0.433 e. The molecule has 124 valence electrons. The fraction of sp³-hybridized carbons (Fsp3) is 0.375. The number of ether oxygens (including phenoxy) is 1. The van der Waals surface area contributed by atoms with Crippen molar-refractivity contribution < 1.29 is 23.1 Å². The zero-order chi connectivity index (χ0) is 17.0. The number of para-hydroxylation sites is 2. The number of benzene rings is 1. The number of nitrogens with zero attached hydrogens (tertiary/aromatic N) is 1. The van der Waals surface area contributed by atoms with E-state index in [0.717, 1.165) is 5.57 Å². The zero-order valence-corrected chi connectivity index (χ0v) is 12.9. The molecule has 1 aliphatic heterocycles. The van der Waals surface area contributed by atoms with Crippen LogP contribution in [0.25, 0.3) is 0 Å². The Morgan fingerprint density at radius 3 is 2.74 bits per heavy atom. The normalized spacial score (nSPS) is 17.3. The van der Waals surface area contributed by atoms with Crippen molar-refractivity contribution in [3.05, 3.63) is 35.9 Å². The summed E-state index contributed by atoms with van der Waals surface area (Å²) in [4.78, 5) is 25.5. The summed E-state index contributed by atoms with van der Waals surface area (Å²) in [5, 5.41) is 2.62. The number of nitrogens with one attached hydrogen (secondary N) is 1. The second-order valence-electron chi connectivity index (χ2n) is 5.41. The van der Waals surface area contributed by atoms with Gasteiger partial charge in [0.2, 0.25) is 11.8 Å². The summed E-state index contributed by atoms with van der Waals surface area (Å²) in [6.07, 6.45) is 1.81. The molecule has 1 aliphatic rings. The van der Waals surface area contributed by atoms with E-state index in [1.54, 1.807) is 26.0 Å². The van der Waals surface area contributed by atoms with Gasteiger partial charge in [-0.2, -0.15) is 8.78 Å². The molecule has 0 aromatic heterocycles. The van der Waals surface area contributed by atoms with Crippen molar-refractivity contribution >= 4 is 17.5 Å². The van der Waals surface area contributed by atoms with Gasteiger partial charge in [-0.25, -0.2) is 0 Å². The largest absolute Gasteiger partial charge is 0.433 e. The molecule has 1 aromatic rings. The number of halogens is 2. The molecule has 1 atom stereocenters. The molecule has 7 heteroatoms. The van der Waals surface area contributed by atoms with Gasteiger partial charge in [0.1, 0.15) is 11.8 Å². The number of rotatable bonds is 5. The molecule has 0 bridgehead atoms. The minimum absolute atomic E-state index is 0.0628. The van der Waals surface area contributed by atoms with Gasteiger partial charge < -0.3 is 15.0 Å². The van der Waals surface area contributed by atoms with Crippen molar-refractivity contribution in [1.29, 1.82) is 0 Å². The average molecular weight is 324 g/mol. The average Bonchev–Trinajstić information content (AvgIpc) is 2.79. The Balaban J connectivity index is 2.13. The SMILES string of the molecule is CC(C)=CC(=O)N[C@@H]1CCN(c2ccccc2OC(F)F)C1=O. The number of hydrogen-bond acceptors (Lipinski definition) is 3. The maximum absolute atomic E-state index is 12.5. The Kier molecular flexibility index (Phi) is 5.31.